The van der Waals surface area contributed by atoms with Crippen LogP contribution in [0.15, 0.2) is 60.7 Å². The summed E-state index contributed by atoms with van der Waals surface area (Å²) in [6, 6.07) is 24.2. The van der Waals surface area contributed by atoms with Crippen LogP contribution in [-0.2, 0) is 0 Å². The van der Waals surface area contributed by atoms with Crippen molar-refractivity contribution in [3.8, 4) is 0 Å². The Kier molecular flexibility index (Phi) is 5.63. The van der Waals surface area contributed by atoms with Gasteiger partial charge in [0.1, 0.15) is 0 Å². The van der Waals surface area contributed by atoms with Crippen LogP contribution in [0.3, 0.4) is 0 Å². The van der Waals surface area contributed by atoms with Gasteiger partial charge in [0.2, 0.25) is 0 Å². The molecule has 1 nitrogen and oxygen atoms in total. The van der Waals surface area contributed by atoms with Crippen LogP contribution in [0.4, 0.5) is 0 Å². The first-order valence-corrected chi connectivity index (χ1v) is 19.5. The van der Waals surface area contributed by atoms with Crippen LogP contribution < -0.4 is 0 Å². The monoisotopic (exact) mass is 597 g/mol. The van der Waals surface area contributed by atoms with Gasteiger partial charge in [-0.25, -0.2) is 0 Å². The lowest BCUT2D eigenvalue weighted by molar-refractivity contribution is -0.192. The molecule has 6 aliphatic carbocycles. The molecule has 0 N–H and O–H groups in total. The van der Waals surface area contributed by atoms with E-state index < -0.39 is 0 Å². The normalized spacial score (nSPS) is 39.8. The zero-order valence-electron chi connectivity index (χ0n) is 26.2. The predicted octanol–water partition coefficient (Wildman–Crippen LogP) is 12.0. The molecule has 8 unspecified atom stereocenters. The Balaban J connectivity index is 1.14. The number of thiophene rings is 1. The van der Waals surface area contributed by atoms with Crippen molar-refractivity contribution in [1.29, 1.82) is 0 Å². The Hall–Kier alpha value is -2.32. The van der Waals surface area contributed by atoms with Crippen molar-refractivity contribution < 1.29 is 0 Å². The van der Waals surface area contributed by atoms with Gasteiger partial charge in [-0.3, -0.25) is 0 Å². The van der Waals surface area contributed by atoms with Gasteiger partial charge in [0.05, 0.1) is 10.2 Å². The van der Waals surface area contributed by atoms with E-state index in [9.17, 15) is 0 Å². The molecule has 226 valence electrons. The van der Waals surface area contributed by atoms with Crippen LogP contribution in [0.5, 0.6) is 0 Å². The van der Waals surface area contributed by atoms with Crippen molar-refractivity contribution in [2.75, 3.05) is 0 Å². The van der Waals surface area contributed by atoms with Gasteiger partial charge in [0.15, 0.2) is 0 Å². The maximum Gasteiger partial charge on any atom is 0.0675 e. The SMILES string of the molecule is c1ccc2c(c1)sc1c2ccc2c3ccccc3n(C3CC4C5CCCCC5C5CCCC6C7CCCCC7C(C3)C4C56)c21. The third-order valence-electron chi connectivity index (χ3n) is 15.1. The quantitative estimate of drug-likeness (QED) is 0.181. The third-order valence-corrected chi connectivity index (χ3v) is 16.3. The van der Waals surface area contributed by atoms with Crippen LogP contribution >= 0.6 is 11.3 Å². The summed E-state index contributed by atoms with van der Waals surface area (Å²) in [5.74, 6) is 10.3. The fourth-order valence-corrected chi connectivity index (χ4v) is 15.3. The van der Waals surface area contributed by atoms with E-state index in [0.717, 1.165) is 59.2 Å². The van der Waals surface area contributed by atoms with Crippen LogP contribution in [0.25, 0.3) is 42.0 Å². The maximum absolute atomic E-state index is 2.97. The molecule has 44 heavy (non-hydrogen) atoms. The Morgan fingerprint density at radius 3 is 1.73 bits per heavy atom. The molecule has 3 aromatic carbocycles. The first-order chi connectivity index (χ1) is 21.8. The van der Waals surface area contributed by atoms with Crippen LogP contribution in [0.2, 0.25) is 0 Å². The fourth-order valence-electron chi connectivity index (χ4n) is 14.1. The minimum absolute atomic E-state index is 0.640. The van der Waals surface area contributed by atoms with Gasteiger partial charge in [-0.1, -0.05) is 80.6 Å². The minimum atomic E-state index is 0.640. The molecule has 2 heterocycles. The topological polar surface area (TPSA) is 4.93 Å². The molecule has 5 aromatic rings. The first kappa shape index (κ1) is 25.8. The van der Waals surface area contributed by atoms with E-state index in [-0.39, 0.29) is 0 Å². The molecule has 0 amide bonds. The van der Waals surface area contributed by atoms with Crippen molar-refractivity contribution in [3.63, 3.8) is 0 Å². The van der Waals surface area contributed by atoms with Crippen LogP contribution in [0, 0.1) is 59.2 Å². The zero-order chi connectivity index (χ0) is 28.5. The van der Waals surface area contributed by atoms with Crippen molar-refractivity contribution in [1.82, 2.24) is 4.57 Å². The van der Waals surface area contributed by atoms with Crippen molar-refractivity contribution in [3.05, 3.63) is 60.7 Å². The van der Waals surface area contributed by atoms with Gasteiger partial charge in [0.25, 0.3) is 0 Å². The third kappa shape index (κ3) is 3.37. The van der Waals surface area contributed by atoms with Gasteiger partial charge in [-0.15, -0.1) is 11.3 Å². The van der Waals surface area contributed by atoms with E-state index in [1.165, 1.54) is 75.0 Å². The van der Waals surface area contributed by atoms with Crippen LogP contribution in [-0.4, -0.2) is 4.57 Å². The molecular weight excluding hydrogens is 551 g/mol. The Morgan fingerprint density at radius 1 is 0.477 bits per heavy atom. The summed E-state index contributed by atoms with van der Waals surface area (Å²) in [7, 11) is 0. The summed E-state index contributed by atoms with van der Waals surface area (Å²) in [5.41, 5.74) is 3.07. The highest BCUT2D eigenvalue weighted by atomic mass is 32.1. The number of aromatic nitrogens is 1. The molecule has 2 heteroatoms. The van der Waals surface area contributed by atoms with E-state index in [2.05, 4.69) is 76.6 Å². The Bertz CT molecular complexity index is 1870. The highest BCUT2D eigenvalue weighted by molar-refractivity contribution is 7.26. The average molecular weight is 598 g/mol. The Morgan fingerprint density at radius 2 is 1.02 bits per heavy atom. The lowest BCUT2D eigenvalue weighted by atomic mass is 9.37. The molecule has 6 fully saturated rings. The summed E-state index contributed by atoms with van der Waals surface area (Å²) in [6.45, 7) is 0. The summed E-state index contributed by atoms with van der Waals surface area (Å²) >= 11 is 2.05. The fraction of sp³-hybridized carbons (Fsp3) is 0.571. The standard InChI is InChI=1S/C42H47NS/c1-3-12-27-25(10-1)31-16-9-17-32-26-11-2-4-13-28(26)36-23-24(22-35(27)40(36)39(31)32)43-37-18-7-5-14-29(37)33-20-21-34-30-15-6-8-19-38(30)44-42(34)41(33)43/h5-8,14-15,18-21,24-28,31-32,35-36,39-40H,1-4,9-13,16-17,22-23H2. The number of rotatable bonds is 1. The van der Waals surface area contributed by atoms with Gasteiger partial charge < -0.3 is 4.57 Å². The average Bonchev–Trinajstić information content (AvgIpc) is 3.64. The smallest absolute Gasteiger partial charge is 0.0675 e. The number of nitrogens with zero attached hydrogens (tertiary/aromatic N) is 1. The second-order valence-corrected chi connectivity index (χ2v) is 17.5. The van der Waals surface area contributed by atoms with E-state index >= 15 is 0 Å². The number of para-hydroxylation sites is 1. The molecule has 0 aliphatic heterocycles. The summed E-state index contributed by atoms with van der Waals surface area (Å²) in [6.07, 6.45) is 19.9. The van der Waals surface area contributed by atoms with Gasteiger partial charge >= 0.3 is 0 Å². The molecule has 0 saturated heterocycles. The molecule has 6 saturated carbocycles. The minimum Gasteiger partial charge on any atom is -0.336 e. The van der Waals surface area contributed by atoms with Crippen LogP contribution in [0.1, 0.15) is 89.5 Å². The van der Waals surface area contributed by atoms with E-state index in [1.54, 1.807) is 50.5 Å². The lowest BCUT2D eigenvalue weighted by Gasteiger charge is -2.68. The number of hydrogen-bond acceptors (Lipinski definition) is 1. The summed E-state index contributed by atoms with van der Waals surface area (Å²) < 4.78 is 5.94. The maximum atomic E-state index is 2.97. The molecule has 0 bridgehead atoms. The van der Waals surface area contributed by atoms with Crippen molar-refractivity contribution >= 4 is 53.3 Å². The Labute approximate surface area is 266 Å². The largest absolute Gasteiger partial charge is 0.336 e. The van der Waals surface area contributed by atoms with Gasteiger partial charge in [0, 0.05) is 37.8 Å². The van der Waals surface area contributed by atoms with Crippen molar-refractivity contribution in [2.45, 2.75) is 89.5 Å². The second-order valence-electron chi connectivity index (χ2n) is 16.4. The lowest BCUT2D eigenvalue weighted by Crippen LogP contribution is -2.62. The second kappa shape index (κ2) is 9.60. The van der Waals surface area contributed by atoms with E-state index in [0.29, 0.717) is 6.04 Å². The van der Waals surface area contributed by atoms with Gasteiger partial charge in [-0.2, -0.15) is 0 Å². The molecule has 11 rings (SSSR count). The molecule has 6 aliphatic rings. The number of fused-ring (bicyclic) bond motifs is 13. The zero-order valence-corrected chi connectivity index (χ0v) is 27.0. The molecule has 0 spiro atoms. The van der Waals surface area contributed by atoms with Crippen molar-refractivity contribution in [2.24, 2.45) is 59.2 Å². The summed E-state index contributed by atoms with van der Waals surface area (Å²) in [5, 5.41) is 5.89. The predicted molar refractivity (Wildman–Crippen MR) is 186 cm³/mol. The summed E-state index contributed by atoms with van der Waals surface area (Å²) in [4.78, 5) is 0. The molecule has 2 aromatic heterocycles. The first-order valence-electron chi connectivity index (χ1n) is 18.7. The molecular formula is C42H47NS. The van der Waals surface area contributed by atoms with E-state index in [1.807, 2.05) is 0 Å². The molecule has 0 radical (unpaired) electrons. The van der Waals surface area contributed by atoms with Gasteiger partial charge in [-0.05, 0) is 123 Å². The van der Waals surface area contributed by atoms with E-state index in [4.69, 9.17) is 0 Å². The highest BCUT2D eigenvalue weighted by Crippen LogP contribution is 2.70. The molecule has 8 atom stereocenters. The highest BCUT2D eigenvalue weighted by Gasteiger charge is 2.63. The number of hydrogen-bond donors (Lipinski definition) is 0. The number of benzene rings is 3.